The van der Waals surface area contributed by atoms with E-state index >= 15 is 0 Å². The van der Waals surface area contributed by atoms with Crippen LogP contribution in [0.5, 0.6) is 17.2 Å². The standard InChI is InChI=1S/C23H29NO4/c1-15(17-6-11-20-21(14-17)27-13-12-26-20)24-22(25)16(2)28-19-9-7-18(8-10-19)23(3,4)5/h6-11,14-16H,12-13H2,1-5H3,(H,24,25)/t15-,16-/m0/s1. The van der Waals surface area contributed by atoms with E-state index in [1.54, 1.807) is 6.92 Å². The van der Waals surface area contributed by atoms with Crippen molar-refractivity contribution in [2.75, 3.05) is 13.2 Å². The van der Waals surface area contributed by atoms with Crippen molar-refractivity contribution in [2.45, 2.75) is 52.2 Å². The van der Waals surface area contributed by atoms with Gasteiger partial charge in [0.1, 0.15) is 19.0 Å². The molecule has 1 N–H and O–H groups in total. The molecule has 1 amide bonds. The van der Waals surface area contributed by atoms with E-state index < -0.39 is 6.10 Å². The van der Waals surface area contributed by atoms with Gasteiger partial charge in [0.2, 0.25) is 0 Å². The number of hydrogen-bond donors (Lipinski definition) is 1. The summed E-state index contributed by atoms with van der Waals surface area (Å²) in [5.41, 5.74) is 2.27. The molecule has 150 valence electrons. The van der Waals surface area contributed by atoms with E-state index in [9.17, 15) is 4.79 Å². The Kier molecular flexibility index (Phi) is 5.82. The molecule has 0 fully saturated rings. The van der Waals surface area contributed by atoms with E-state index in [-0.39, 0.29) is 17.4 Å². The molecule has 0 radical (unpaired) electrons. The van der Waals surface area contributed by atoms with Gasteiger partial charge in [0.15, 0.2) is 17.6 Å². The minimum Gasteiger partial charge on any atom is -0.486 e. The van der Waals surface area contributed by atoms with Gasteiger partial charge in [-0.3, -0.25) is 4.79 Å². The molecule has 0 saturated carbocycles. The number of rotatable bonds is 5. The van der Waals surface area contributed by atoms with Crippen LogP contribution in [0.1, 0.15) is 51.8 Å². The lowest BCUT2D eigenvalue weighted by molar-refractivity contribution is -0.127. The molecule has 28 heavy (non-hydrogen) atoms. The monoisotopic (exact) mass is 383 g/mol. The minimum absolute atomic E-state index is 0.0839. The molecule has 0 unspecified atom stereocenters. The summed E-state index contributed by atoms with van der Waals surface area (Å²) in [7, 11) is 0. The number of benzene rings is 2. The van der Waals surface area contributed by atoms with Crippen molar-refractivity contribution in [3.05, 3.63) is 53.6 Å². The van der Waals surface area contributed by atoms with Crippen molar-refractivity contribution in [1.29, 1.82) is 0 Å². The van der Waals surface area contributed by atoms with Gasteiger partial charge in [-0.2, -0.15) is 0 Å². The van der Waals surface area contributed by atoms with Crippen LogP contribution in [0.4, 0.5) is 0 Å². The van der Waals surface area contributed by atoms with Crippen LogP contribution in [-0.4, -0.2) is 25.2 Å². The maximum atomic E-state index is 12.6. The molecule has 0 spiro atoms. The lowest BCUT2D eigenvalue weighted by Crippen LogP contribution is -2.37. The molecule has 2 aromatic carbocycles. The molecule has 0 aliphatic carbocycles. The Bertz CT molecular complexity index is 823. The first-order valence-electron chi connectivity index (χ1n) is 9.71. The second-order valence-corrected chi connectivity index (χ2v) is 8.17. The van der Waals surface area contributed by atoms with Crippen molar-refractivity contribution in [3.63, 3.8) is 0 Å². The van der Waals surface area contributed by atoms with Crippen LogP contribution in [0.25, 0.3) is 0 Å². The summed E-state index contributed by atoms with van der Waals surface area (Å²) < 4.78 is 17.0. The lowest BCUT2D eigenvalue weighted by atomic mass is 9.87. The number of carbonyl (C=O) groups is 1. The number of ether oxygens (including phenoxy) is 3. The Balaban J connectivity index is 1.59. The number of carbonyl (C=O) groups excluding carboxylic acids is 1. The fourth-order valence-electron chi connectivity index (χ4n) is 3.03. The first-order valence-corrected chi connectivity index (χ1v) is 9.71. The molecule has 2 atom stereocenters. The summed E-state index contributed by atoms with van der Waals surface area (Å²) in [6, 6.07) is 13.5. The third-order valence-electron chi connectivity index (χ3n) is 4.83. The van der Waals surface area contributed by atoms with Gasteiger partial charge in [-0.15, -0.1) is 0 Å². The zero-order chi connectivity index (χ0) is 20.3. The quantitative estimate of drug-likeness (QED) is 0.831. The van der Waals surface area contributed by atoms with Crippen LogP contribution in [-0.2, 0) is 10.2 Å². The number of fused-ring (bicyclic) bond motifs is 1. The van der Waals surface area contributed by atoms with Gasteiger partial charge in [-0.25, -0.2) is 0 Å². The Morgan fingerprint density at radius 2 is 1.64 bits per heavy atom. The van der Waals surface area contributed by atoms with E-state index in [0.29, 0.717) is 24.7 Å². The van der Waals surface area contributed by atoms with E-state index in [0.717, 1.165) is 11.3 Å². The topological polar surface area (TPSA) is 56.8 Å². The van der Waals surface area contributed by atoms with Crippen molar-refractivity contribution >= 4 is 5.91 Å². The van der Waals surface area contributed by atoms with Crippen molar-refractivity contribution in [1.82, 2.24) is 5.32 Å². The van der Waals surface area contributed by atoms with E-state index in [1.165, 1.54) is 5.56 Å². The highest BCUT2D eigenvalue weighted by Gasteiger charge is 2.20. The predicted molar refractivity (Wildman–Crippen MR) is 109 cm³/mol. The largest absolute Gasteiger partial charge is 0.486 e. The van der Waals surface area contributed by atoms with Crippen molar-refractivity contribution in [3.8, 4) is 17.2 Å². The average Bonchev–Trinajstić information content (AvgIpc) is 2.67. The van der Waals surface area contributed by atoms with Gasteiger partial charge in [0.05, 0.1) is 6.04 Å². The minimum atomic E-state index is -0.597. The van der Waals surface area contributed by atoms with E-state index in [1.807, 2.05) is 49.4 Å². The SMILES string of the molecule is C[C@H](Oc1ccc(C(C)(C)C)cc1)C(=O)N[C@@H](C)c1ccc2c(c1)OCCO2. The molecular formula is C23H29NO4. The van der Waals surface area contributed by atoms with Crippen molar-refractivity contribution < 1.29 is 19.0 Å². The molecule has 1 aliphatic heterocycles. The highest BCUT2D eigenvalue weighted by molar-refractivity contribution is 5.81. The maximum absolute atomic E-state index is 12.6. The molecule has 1 aliphatic rings. The van der Waals surface area contributed by atoms with Crippen LogP contribution in [0, 0.1) is 0 Å². The smallest absolute Gasteiger partial charge is 0.261 e. The molecule has 5 heteroatoms. The second kappa shape index (κ2) is 8.13. The summed E-state index contributed by atoms with van der Waals surface area (Å²) in [5.74, 6) is 1.97. The van der Waals surface area contributed by atoms with Gasteiger partial charge in [0.25, 0.3) is 5.91 Å². The molecule has 1 heterocycles. The number of amides is 1. The highest BCUT2D eigenvalue weighted by atomic mass is 16.6. The Morgan fingerprint density at radius 1 is 1.00 bits per heavy atom. The lowest BCUT2D eigenvalue weighted by Gasteiger charge is -2.22. The fraction of sp³-hybridized carbons (Fsp3) is 0.435. The van der Waals surface area contributed by atoms with E-state index in [4.69, 9.17) is 14.2 Å². The molecule has 0 aromatic heterocycles. The highest BCUT2D eigenvalue weighted by Crippen LogP contribution is 2.32. The van der Waals surface area contributed by atoms with Crippen LogP contribution < -0.4 is 19.5 Å². The summed E-state index contributed by atoms with van der Waals surface area (Å²) in [6.45, 7) is 11.3. The Morgan fingerprint density at radius 3 is 2.29 bits per heavy atom. The molecular weight excluding hydrogens is 354 g/mol. The molecule has 2 aromatic rings. The normalized spacial score (nSPS) is 15.5. The Hall–Kier alpha value is -2.69. The van der Waals surface area contributed by atoms with Gasteiger partial charge in [-0.05, 0) is 54.7 Å². The number of hydrogen-bond acceptors (Lipinski definition) is 4. The van der Waals surface area contributed by atoms with Crippen molar-refractivity contribution in [2.24, 2.45) is 0 Å². The zero-order valence-corrected chi connectivity index (χ0v) is 17.2. The second-order valence-electron chi connectivity index (χ2n) is 8.17. The first kappa shape index (κ1) is 20.1. The first-order chi connectivity index (χ1) is 13.2. The summed E-state index contributed by atoms with van der Waals surface area (Å²) in [5, 5.41) is 3.00. The third-order valence-corrected chi connectivity index (χ3v) is 4.83. The van der Waals surface area contributed by atoms with Gasteiger partial charge < -0.3 is 19.5 Å². The van der Waals surface area contributed by atoms with Crippen LogP contribution in [0.15, 0.2) is 42.5 Å². The van der Waals surface area contributed by atoms with E-state index in [2.05, 4.69) is 26.1 Å². The molecule has 0 saturated heterocycles. The molecule has 5 nitrogen and oxygen atoms in total. The molecule has 3 rings (SSSR count). The Labute approximate surface area is 167 Å². The van der Waals surface area contributed by atoms with Gasteiger partial charge in [-0.1, -0.05) is 39.0 Å². The average molecular weight is 383 g/mol. The predicted octanol–water partition coefficient (Wildman–Crippen LogP) is 4.40. The summed E-state index contributed by atoms with van der Waals surface area (Å²) >= 11 is 0. The maximum Gasteiger partial charge on any atom is 0.261 e. The molecule has 0 bridgehead atoms. The van der Waals surface area contributed by atoms with Crippen LogP contribution in [0.2, 0.25) is 0 Å². The van der Waals surface area contributed by atoms with Crippen LogP contribution in [0.3, 0.4) is 0 Å². The summed E-state index contributed by atoms with van der Waals surface area (Å²) in [4.78, 5) is 12.6. The summed E-state index contributed by atoms with van der Waals surface area (Å²) in [6.07, 6.45) is -0.597. The third kappa shape index (κ3) is 4.77. The zero-order valence-electron chi connectivity index (χ0n) is 17.2. The van der Waals surface area contributed by atoms with Crippen LogP contribution >= 0.6 is 0 Å². The van der Waals surface area contributed by atoms with Gasteiger partial charge >= 0.3 is 0 Å². The number of nitrogens with one attached hydrogen (secondary N) is 1. The van der Waals surface area contributed by atoms with Gasteiger partial charge in [0, 0.05) is 0 Å². The fourth-order valence-corrected chi connectivity index (χ4v) is 3.03.